The number of piperidine rings is 1. The minimum absolute atomic E-state index is 0.303. The summed E-state index contributed by atoms with van der Waals surface area (Å²) in [6.07, 6.45) is 5.72. The van der Waals surface area contributed by atoms with E-state index >= 15 is 0 Å². The van der Waals surface area contributed by atoms with Crippen LogP contribution in [0, 0.1) is 6.92 Å². The van der Waals surface area contributed by atoms with Gasteiger partial charge in [0.1, 0.15) is 0 Å². The van der Waals surface area contributed by atoms with Gasteiger partial charge in [0.05, 0.1) is 23.1 Å². The molecule has 0 atom stereocenters. The Morgan fingerprint density at radius 2 is 2.00 bits per heavy atom. The van der Waals surface area contributed by atoms with Crippen LogP contribution in [0.4, 0.5) is 5.69 Å². The molecule has 4 aromatic rings. The van der Waals surface area contributed by atoms with Crippen LogP contribution in [-0.4, -0.2) is 38.0 Å². The Hall–Kier alpha value is -3.22. The fourth-order valence-electron chi connectivity index (χ4n) is 4.02. The zero-order valence-corrected chi connectivity index (χ0v) is 16.0. The molecular weight excluding hydrogens is 352 g/mol. The van der Waals surface area contributed by atoms with Gasteiger partial charge >= 0.3 is 0 Å². The Kier molecular flexibility index (Phi) is 4.07. The van der Waals surface area contributed by atoms with E-state index in [0.717, 1.165) is 54.0 Å². The lowest BCUT2D eigenvalue weighted by Gasteiger charge is -2.31. The molecule has 0 amide bonds. The Morgan fingerprint density at radius 3 is 2.79 bits per heavy atom. The Bertz CT molecular complexity index is 1110. The molecule has 1 aliphatic heterocycles. The fourth-order valence-corrected chi connectivity index (χ4v) is 4.02. The van der Waals surface area contributed by atoms with Crippen molar-refractivity contribution in [3.8, 4) is 11.4 Å². The summed E-state index contributed by atoms with van der Waals surface area (Å²) in [5.74, 6) is 1.68. The number of aryl methyl sites for hydroxylation is 2. The standard InChI is InChI=1S/C21H22N6O/c1-14-18-6-5-16(12-19(18)26(2)24-14)20-23-21(28-25-20)15-7-10-27(11-8-15)17-4-3-9-22-13-17/h3-6,9,12-13,15H,7-8,10-11H2,1-2H3. The second kappa shape index (κ2) is 6.74. The van der Waals surface area contributed by atoms with Crippen molar-refractivity contribution in [3.63, 3.8) is 0 Å². The van der Waals surface area contributed by atoms with Gasteiger partial charge in [0.25, 0.3) is 0 Å². The van der Waals surface area contributed by atoms with E-state index < -0.39 is 0 Å². The van der Waals surface area contributed by atoms with Gasteiger partial charge in [0, 0.05) is 43.2 Å². The second-order valence-corrected chi connectivity index (χ2v) is 7.37. The van der Waals surface area contributed by atoms with Gasteiger partial charge in [-0.05, 0) is 38.0 Å². The fraction of sp³-hybridized carbons (Fsp3) is 0.333. The molecule has 1 aliphatic rings. The van der Waals surface area contributed by atoms with Crippen molar-refractivity contribution in [1.82, 2.24) is 24.9 Å². The van der Waals surface area contributed by atoms with Crippen molar-refractivity contribution in [1.29, 1.82) is 0 Å². The number of pyridine rings is 1. The Morgan fingerprint density at radius 1 is 1.14 bits per heavy atom. The predicted octanol–water partition coefficient (Wildman–Crippen LogP) is 3.71. The maximum Gasteiger partial charge on any atom is 0.230 e. The van der Waals surface area contributed by atoms with Crippen LogP contribution >= 0.6 is 0 Å². The van der Waals surface area contributed by atoms with Gasteiger partial charge in [-0.25, -0.2) is 0 Å². The van der Waals surface area contributed by atoms with Gasteiger partial charge in [-0.2, -0.15) is 10.1 Å². The highest BCUT2D eigenvalue weighted by Gasteiger charge is 2.25. The molecule has 7 heteroatoms. The molecule has 0 spiro atoms. The van der Waals surface area contributed by atoms with Crippen molar-refractivity contribution in [3.05, 3.63) is 54.3 Å². The quantitative estimate of drug-likeness (QED) is 0.544. The third-order valence-corrected chi connectivity index (χ3v) is 5.59. The van der Waals surface area contributed by atoms with Crippen molar-refractivity contribution in [2.24, 2.45) is 7.05 Å². The molecule has 142 valence electrons. The van der Waals surface area contributed by atoms with Crippen molar-refractivity contribution < 1.29 is 4.52 Å². The van der Waals surface area contributed by atoms with Crippen LogP contribution in [0.25, 0.3) is 22.3 Å². The van der Waals surface area contributed by atoms with E-state index in [0.29, 0.717) is 11.7 Å². The van der Waals surface area contributed by atoms with Gasteiger partial charge in [0.2, 0.25) is 11.7 Å². The van der Waals surface area contributed by atoms with Crippen LogP contribution in [0.3, 0.4) is 0 Å². The number of benzene rings is 1. The average Bonchev–Trinajstić information content (AvgIpc) is 3.34. The first-order valence-electron chi connectivity index (χ1n) is 9.61. The highest BCUT2D eigenvalue weighted by Crippen LogP contribution is 2.31. The SMILES string of the molecule is Cc1nn(C)c2cc(-c3noc(C4CCN(c5cccnc5)CC4)n3)ccc12. The molecule has 0 radical (unpaired) electrons. The Labute approximate surface area is 163 Å². The molecule has 1 saturated heterocycles. The lowest BCUT2D eigenvalue weighted by atomic mass is 9.96. The number of fused-ring (bicyclic) bond motifs is 1. The number of anilines is 1. The summed E-state index contributed by atoms with van der Waals surface area (Å²) in [5.41, 5.74) is 4.23. The minimum atomic E-state index is 0.303. The highest BCUT2D eigenvalue weighted by atomic mass is 16.5. The molecule has 0 bridgehead atoms. The third-order valence-electron chi connectivity index (χ3n) is 5.59. The van der Waals surface area contributed by atoms with Crippen LogP contribution < -0.4 is 4.90 Å². The van der Waals surface area contributed by atoms with E-state index in [1.165, 1.54) is 5.69 Å². The van der Waals surface area contributed by atoms with Gasteiger partial charge < -0.3 is 9.42 Å². The molecule has 4 heterocycles. The first-order chi connectivity index (χ1) is 13.7. The largest absolute Gasteiger partial charge is 0.370 e. The van der Waals surface area contributed by atoms with Gasteiger partial charge in [0.15, 0.2) is 0 Å². The van der Waals surface area contributed by atoms with E-state index in [1.54, 1.807) is 6.20 Å². The zero-order valence-electron chi connectivity index (χ0n) is 16.0. The number of nitrogens with zero attached hydrogens (tertiary/aromatic N) is 6. The number of hydrogen-bond donors (Lipinski definition) is 0. The van der Waals surface area contributed by atoms with E-state index in [-0.39, 0.29) is 0 Å². The summed E-state index contributed by atoms with van der Waals surface area (Å²) in [7, 11) is 1.96. The topological polar surface area (TPSA) is 72.9 Å². The summed E-state index contributed by atoms with van der Waals surface area (Å²) < 4.78 is 7.52. The second-order valence-electron chi connectivity index (χ2n) is 7.37. The van der Waals surface area contributed by atoms with Gasteiger partial charge in [-0.3, -0.25) is 9.67 Å². The van der Waals surface area contributed by atoms with Crippen LogP contribution in [0.15, 0.2) is 47.2 Å². The molecular formula is C21H22N6O. The van der Waals surface area contributed by atoms with Gasteiger partial charge in [-0.1, -0.05) is 17.3 Å². The summed E-state index contributed by atoms with van der Waals surface area (Å²) in [6.45, 7) is 3.95. The van der Waals surface area contributed by atoms with Crippen LogP contribution in [-0.2, 0) is 7.05 Å². The summed E-state index contributed by atoms with van der Waals surface area (Å²) >= 11 is 0. The molecule has 0 aliphatic carbocycles. The normalized spacial score (nSPS) is 15.4. The van der Waals surface area contributed by atoms with E-state index in [1.807, 2.05) is 37.0 Å². The molecule has 5 rings (SSSR count). The zero-order chi connectivity index (χ0) is 19.1. The lowest BCUT2D eigenvalue weighted by molar-refractivity contribution is 0.329. The molecule has 3 aromatic heterocycles. The molecule has 1 aromatic carbocycles. The molecule has 28 heavy (non-hydrogen) atoms. The summed E-state index contributed by atoms with van der Waals surface area (Å²) in [6, 6.07) is 10.3. The van der Waals surface area contributed by atoms with E-state index in [2.05, 4.69) is 38.3 Å². The molecule has 0 unspecified atom stereocenters. The van der Waals surface area contributed by atoms with Crippen molar-refractivity contribution in [2.75, 3.05) is 18.0 Å². The Balaban J connectivity index is 1.34. The monoisotopic (exact) mass is 374 g/mol. The first kappa shape index (κ1) is 16.9. The number of hydrogen-bond acceptors (Lipinski definition) is 6. The highest BCUT2D eigenvalue weighted by molar-refractivity contribution is 5.85. The van der Waals surface area contributed by atoms with Crippen molar-refractivity contribution in [2.45, 2.75) is 25.7 Å². The van der Waals surface area contributed by atoms with E-state index in [9.17, 15) is 0 Å². The molecule has 0 saturated carbocycles. The third kappa shape index (κ3) is 2.93. The number of rotatable bonds is 3. The van der Waals surface area contributed by atoms with Gasteiger partial charge in [-0.15, -0.1) is 0 Å². The lowest BCUT2D eigenvalue weighted by Crippen LogP contribution is -2.32. The van der Waals surface area contributed by atoms with Crippen LogP contribution in [0.2, 0.25) is 0 Å². The first-order valence-corrected chi connectivity index (χ1v) is 9.61. The van der Waals surface area contributed by atoms with Crippen LogP contribution in [0.5, 0.6) is 0 Å². The van der Waals surface area contributed by atoms with E-state index in [4.69, 9.17) is 9.51 Å². The predicted molar refractivity (Wildman–Crippen MR) is 107 cm³/mol. The number of aromatic nitrogens is 5. The molecule has 7 nitrogen and oxygen atoms in total. The maximum atomic E-state index is 5.63. The van der Waals surface area contributed by atoms with Crippen LogP contribution in [0.1, 0.15) is 30.3 Å². The average molecular weight is 374 g/mol. The van der Waals surface area contributed by atoms with Crippen molar-refractivity contribution >= 4 is 16.6 Å². The molecule has 1 fully saturated rings. The summed E-state index contributed by atoms with van der Waals surface area (Å²) in [4.78, 5) is 11.3. The smallest absolute Gasteiger partial charge is 0.230 e. The maximum absolute atomic E-state index is 5.63. The molecule has 0 N–H and O–H groups in total. The minimum Gasteiger partial charge on any atom is -0.370 e. The summed E-state index contributed by atoms with van der Waals surface area (Å²) in [5, 5.41) is 9.87.